The molecule has 0 amide bonds. The number of nitro groups is 1. The van der Waals surface area contributed by atoms with Crippen LogP contribution in [0, 0.1) is 10.1 Å². The van der Waals surface area contributed by atoms with Gasteiger partial charge < -0.3 is 14.8 Å². The zero-order valence-electron chi connectivity index (χ0n) is 21.9. The van der Waals surface area contributed by atoms with E-state index in [2.05, 4.69) is 5.32 Å². The quantitative estimate of drug-likeness (QED) is 0.157. The summed E-state index contributed by atoms with van der Waals surface area (Å²) in [6.07, 6.45) is 0.295. The number of hydrogen-bond acceptors (Lipinski definition) is 7. The molecule has 206 valence electrons. The van der Waals surface area contributed by atoms with Gasteiger partial charge in [-0.2, -0.15) is 5.10 Å². The number of hydrogen-bond donors (Lipinski definition) is 1. The lowest BCUT2D eigenvalue weighted by Crippen LogP contribution is -2.24. The minimum atomic E-state index is -2.70. The Labute approximate surface area is 224 Å². The molecular formula is C28H30F2N4O5. The summed E-state index contributed by atoms with van der Waals surface area (Å²) in [4.78, 5) is 22.5. The van der Waals surface area contributed by atoms with Gasteiger partial charge in [-0.25, -0.2) is 18.3 Å². The summed E-state index contributed by atoms with van der Waals surface area (Å²) in [5.41, 5.74) is 2.48. The molecule has 39 heavy (non-hydrogen) atoms. The molecule has 11 heteroatoms. The largest absolute Gasteiger partial charge is 0.514 e. The fourth-order valence-corrected chi connectivity index (χ4v) is 5.22. The molecule has 1 N–H and O–H groups in total. The Kier molecular flexibility index (Phi) is 6.77. The number of alkyl halides is 2. The van der Waals surface area contributed by atoms with Crippen LogP contribution in [0.25, 0.3) is 0 Å². The van der Waals surface area contributed by atoms with E-state index in [1.807, 2.05) is 37.6 Å². The monoisotopic (exact) mass is 540 g/mol. The van der Waals surface area contributed by atoms with Gasteiger partial charge >= 0.3 is 6.16 Å². The molecule has 0 radical (unpaired) electrons. The fraction of sp³-hybridized carbons (Fsp3) is 0.429. The maximum atomic E-state index is 13.9. The molecule has 5 rings (SSSR count). The fourth-order valence-electron chi connectivity index (χ4n) is 5.22. The van der Waals surface area contributed by atoms with Crippen molar-refractivity contribution in [1.29, 1.82) is 0 Å². The van der Waals surface area contributed by atoms with Gasteiger partial charge in [-0.15, -0.1) is 0 Å². The number of benzene rings is 2. The SMILES string of the molecule is CC(C)(C)n1nc([C@H]2CC[C@@H](OC(=O)Oc3ccc([N+](=O)[O-])cc3)C2)cc1Nc1ccc2c(c1)CC(F)(F)C2. The normalized spacial score (nSPS) is 19.9. The van der Waals surface area contributed by atoms with Gasteiger partial charge in [0.2, 0.25) is 0 Å². The second-order valence-corrected chi connectivity index (χ2v) is 11.2. The van der Waals surface area contributed by atoms with Gasteiger partial charge in [0.15, 0.2) is 0 Å². The van der Waals surface area contributed by atoms with E-state index in [1.165, 1.54) is 24.3 Å². The maximum Gasteiger partial charge on any atom is 0.514 e. The van der Waals surface area contributed by atoms with Gasteiger partial charge in [0, 0.05) is 42.6 Å². The van der Waals surface area contributed by atoms with Crippen LogP contribution in [0.1, 0.15) is 62.8 Å². The van der Waals surface area contributed by atoms with Crippen LogP contribution in [-0.2, 0) is 23.1 Å². The third-order valence-corrected chi connectivity index (χ3v) is 7.05. The number of nitro benzene ring substituents is 1. The van der Waals surface area contributed by atoms with Gasteiger partial charge in [-0.05, 0) is 75.4 Å². The Morgan fingerprint density at radius 1 is 1.10 bits per heavy atom. The number of aromatic nitrogens is 2. The van der Waals surface area contributed by atoms with Gasteiger partial charge in [0.05, 0.1) is 16.2 Å². The highest BCUT2D eigenvalue weighted by Crippen LogP contribution is 2.39. The van der Waals surface area contributed by atoms with Crippen LogP contribution in [0.3, 0.4) is 0 Å². The van der Waals surface area contributed by atoms with Crippen LogP contribution >= 0.6 is 0 Å². The number of anilines is 2. The Bertz CT molecular complexity index is 1400. The minimum Gasteiger partial charge on any atom is -0.431 e. The Morgan fingerprint density at radius 2 is 1.82 bits per heavy atom. The molecule has 0 aliphatic heterocycles. The first-order chi connectivity index (χ1) is 18.4. The number of nitrogens with one attached hydrogen (secondary N) is 1. The highest BCUT2D eigenvalue weighted by atomic mass is 19.3. The van der Waals surface area contributed by atoms with Crippen LogP contribution < -0.4 is 10.1 Å². The van der Waals surface area contributed by atoms with Crippen molar-refractivity contribution in [3.05, 3.63) is 75.5 Å². The van der Waals surface area contributed by atoms with Gasteiger partial charge in [-0.1, -0.05) is 6.07 Å². The molecule has 2 aliphatic carbocycles. The molecular weight excluding hydrogens is 510 g/mol. The number of rotatable bonds is 6. The van der Waals surface area contributed by atoms with Crippen LogP contribution in [0.4, 0.5) is 30.8 Å². The van der Waals surface area contributed by atoms with Gasteiger partial charge in [-0.3, -0.25) is 10.1 Å². The van der Waals surface area contributed by atoms with Crippen molar-refractivity contribution in [3.8, 4) is 5.75 Å². The summed E-state index contributed by atoms with van der Waals surface area (Å²) in [6, 6.07) is 12.5. The third kappa shape index (κ3) is 6.02. The summed E-state index contributed by atoms with van der Waals surface area (Å²) in [5.74, 6) is -1.72. The van der Waals surface area contributed by atoms with Crippen LogP contribution in [0.5, 0.6) is 5.75 Å². The Hall–Kier alpha value is -4.02. The van der Waals surface area contributed by atoms with Crippen molar-refractivity contribution in [2.45, 2.75) is 76.4 Å². The molecule has 1 heterocycles. The average Bonchev–Trinajstić information content (AvgIpc) is 3.54. The molecule has 1 fully saturated rings. The zero-order valence-corrected chi connectivity index (χ0v) is 21.9. The summed E-state index contributed by atoms with van der Waals surface area (Å²) in [5, 5.41) is 19.0. The molecule has 0 bridgehead atoms. The van der Waals surface area contributed by atoms with Crippen molar-refractivity contribution < 1.29 is 28.0 Å². The topological polar surface area (TPSA) is 109 Å². The van der Waals surface area contributed by atoms with Crippen LogP contribution in [0.15, 0.2) is 48.5 Å². The summed E-state index contributed by atoms with van der Waals surface area (Å²) in [6.45, 7) is 6.10. The van der Waals surface area contributed by atoms with Crippen molar-refractivity contribution in [2.24, 2.45) is 0 Å². The van der Waals surface area contributed by atoms with Crippen molar-refractivity contribution in [1.82, 2.24) is 9.78 Å². The highest BCUT2D eigenvalue weighted by molar-refractivity contribution is 5.64. The van der Waals surface area contributed by atoms with E-state index in [0.29, 0.717) is 24.0 Å². The van der Waals surface area contributed by atoms with E-state index in [1.54, 1.807) is 12.1 Å². The Morgan fingerprint density at radius 3 is 2.51 bits per heavy atom. The first-order valence-corrected chi connectivity index (χ1v) is 12.9. The maximum absolute atomic E-state index is 13.9. The number of halogens is 2. The number of carbonyl (C=O) groups excluding carboxylic acids is 1. The van der Waals surface area contributed by atoms with E-state index in [-0.39, 0.29) is 41.8 Å². The number of nitrogens with zero attached hydrogens (tertiary/aromatic N) is 3. The molecule has 2 atom stereocenters. The molecule has 9 nitrogen and oxygen atoms in total. The third-order valence-electron chi connectivity index (χ3n) is 7.05. The van der Waals surface area contributed by atoms with E-state index in [4.69, 9.17) is 14.6 Å². The lowest BCUT2D eigenvalue weighted by atomic mass is 10.0. The zero-order chi connectivity index (χ0) is 27.9. The van der Waals surface area contributed by atoms with Gasteiger partial charge in [0.25, 0.3) is 11.6 Å². The molecule has 2 aromatic carbocycles. The average molecular weight is 541 g/mol. The number of carbonyl (C=O) groups is 1. The first kappa shape index (κ1) is 26.6. The van der Waals surface area contributed by atoms with E-state index >= 15 is 0 Å². The van der Waals surface area contributed by atoms with E-state index < -0.39 is 17.0 Å². The molecule has 3 aromatic rings. The van der Waals surface area contributed by atoms with Crippen LogP contribution in [-0.4, -0.2) is 32.9 Å². The smallest absolute Gasteiger partial charge is 0.431 e. The molecule has 1 aromatic heterocycles. The number of fused-ring (bicyclic) bond motifs is 1. The van der Waals surface area contributed by atoms with Crippen LogP contribution in [0.2, 0.25) is 0 Å². The highest BCUT2D eigenvalue weighted by Gasteiger charge is 2.37. The van der Waals surface area contributed by atoms with Crippen molar-refractivity contribution >= 4 is 23.3 Å². The van der Waals surface area contributed by atoms with E-state index in [9.17, 15) is 23.7 Å². The van der Waals surface area contributed by atoms with Gasteiger partial charge in [0.1, 0.15) is 17.7 Å². The first-order valence-electron chi connectivity index (χ1n) is 12.9. The standard InChI is InChI=1S/C28H30F2N4O5/c1-27(2,3)33-25(31-20-6-4-18-15-28(29,30)16-19(18)12-20)14-24(32-33)17-5-9-23(13-17)39-26(35)38-22-10-7-21(8-11-22)34(36)37/h4,6-8,10-12,14,17,23,31H,5,9,13,15-16H2,1-3H3/t17-,23+/m0/s1. The molecule has 0 unspecified atom stereocenters. The molecule has 2 aliphatic rings. The predicted octanol–water partition coefficient (Wildman–Crippen LogP) is 6.88. The predicted molar refractivity (Wildman–Crippen MR) is 140 cm³/mol. The van der Waals surface area contributed by atoms with Crippen molar-refractivity contribution in [2.75, 3.05) is 5.32 Å². The second kappa shape index (κ2) is 9.94. The number of non-ortho nitro benzene ring substituents is 1. The van der Waals surface area contributed by atoms with E-state index in [0.717, 1.165) is 23.6 Å². The lowest BCUT2D eigenvalue weighted by molar-refractivity contribution is -0.384. The summed E-state index contributed by atoms with van der Waals surface area (Å²) >= 11 is 0. The lowest BCUT2D eigenvalue weighted by Gasteiger charge is -2.23. The summed E-state index contributed by atoms with van der Waals surface area (Å²) in [7, 11) is 0. The second-order valence-electron chi connectivity index (χ2n) is 11.2. The Balaban J connectivity index is 1.24. The minimum absolute atomic E-state index is 0.0602. The molecule has 1 saturated carbocycles. The molecule has 0 saturated heterocycles. The summed E-state index contributed by atoms with van der Waals surface area (Å²) < 4.78 is 40.3. The molecule has 0 spiro atoms. The van der Waals surface area contributed by atoms with Crippen molar-refractivity contribution in [3.63, 3.8) is 0 Å². The number of ether oxygens (including phenoxy) is 2.